The van der Waals surface area contributed by atoms with Crippen LogP contribution in [0.1, 0.15) is 41.3 Å². The fraction of sp³-hybridized carbons (Fsp3) is 0.316. The van der Waals surface area contributed by atoms with Crippen LogP contribution in [0.2, 0.25) is 5.02 Å². The summed E-state index contributed by atoms with van der Waals surface area (Å²) >= 11 is 5.86. The predicted molar refractivity (Wildman–Crippen MR) is 90.4 cm³/mol. The molecule has 1 fully saturated rings. The summed E-state index contributed by atoms with van der Waals surface area (Å²) in [5.74, 6) is 0.328. The molecule has 0 aromatic heterocycles. The summed E-state index contributed by atoms with van der Waals surface area (Å²) in [5, 5.41) is 3.80. The number of carbonyl (C=O) groups is 1. The van der Waals surface area contributed by atoms with Crippen LogP contribution in [0.3, 0.4) is 0 Å². The lowest BCUT2D eigenvalue weighted by Gasteiger charge is -2.06. The van der Waals surface area contributed by atoms with Gasteiger partial charge < -0.3 is 5.32 Å². The topological polar surface area (TPSA) is 29.1 Å². The number of benzene rings is 2. The molecule has 2 aromatic carbocycles. The van der Waals surface area contributed by atoms with Crippen LogP contribution in [0, 0.1) is 12.3 Å². The highest BCUT2D eigenvalue weighted by Gasteiger charge is 2.59. The molecule has 0 aliphatic heterocycles. The van der Waals surface area contributed by atoms with Crippen LogP contribution < -0.4 is 5.32 Å². The maximum Gasteiger partial charge on any atom is 0.251 e. The zero-order valence-electron chi connectivity index (χ0n) is 13.1. The maximum absolute atomic E-state index is 12.4. The van der Waals surface area contributed by atoms with Gasteiger partial charge in [0.25, 0.3) is 5.91 Å². The molecule has 2 unspecified atom stereocenters. The molecule has 0 heterocycles. The SMILES string of the molecule is Cc1ccc(C2C(NC(=O)c3ccc(Cl)cc3)C2(C)C)cc1. The van der Waals surface area contributed by atoms with E-state index in [9.17, 15) is 4.79 Å². The van der Waals surface area contributed by atoms with E-state index in [0.29, 0.717) is 16.5 Å². The van der Waals surface area contributed by atoms with E-state index in [4.69, 9.17) is 11.6 Å². The van der Waals surface area contributed by atoms with E-state index in [-0.39, 0.29) is 17.4 Å². The standard InChI is InChI=1S/C19H20ClNO/c1-12-4-6-13(7-5-12)16-17(19(16,2)3)21-18(22)14-8-10-15(20)11-9-14/h4-11,16-17H,1-3H3,(H,21,22). The average molecular weight is 314 g/mol. The third-order valence-electron chi connectivity index (χ3n) is 4.66. The van der Waals surface area contributed by atoms with Crippen molar-refractivity contribution in [1.29, 1.82) is 0 Å². The highest BCUT2D eigenvalue weighted by Crippen LogP contribution is 2.58. The summed E-state index contributed by atoms with van der Waals surface area (Å²) in [6.07, 6.45) is 0. The van der Waals surface area contributed by atoms with E-state index >= 15 is 0 Å². The fourth-order valence-corrected chi connectivity index (χ4v) is 3.25. The molecule has 114 valence electrons. The molecule has 1 amide bonds. The largest absolute Gasteiger partial charge is 0.348 e. The van der Waals surface area contributed by atoms with Crippen molar-refractivity contribution in [2.45, 2.75) is 32.7 Å². The first-order valence-corrected chi connectivity index (χ1v) is 7.90. The molecule has 0 spiro atoms. The third-order valence-corrected chi connectivity index (χ3v) is 4.91. The van der Waals surface area contributed by atoms with Crippen molar-refractivity contribution in [3.8, 4) is 0 Å². The van der Waals surface area contributed by atoms with E-state index in [1.54, 1.807) is 24.3 Å². The minimum absolute atomic E-state index is 0.0376. The lowest BCUT2D eigenvalue weighted by atomic mass is 10.0. The summed E-state index contributed by atoms with van der Waals surface area (Å²) < 4.78 is 0. The van der Waals surface area contributed by atoms with E-state index < -0.39 is 0 Å². The second kappa shape index (κ2) is 5.44. The van der Waals surface area contributed by atoms with Gasteiger partial charge in [0, 0.05) is 22.5 Å². The molecule has 0 bridgehead atoms. The van der Waals surface area contributed by atoms with Crippen molar-refractivity contribution in [2.75, 3.05) is 0 Å². The minimum atomic E-state index is -0.0376. The molecule has 2 atom stereocenters. The molecular formula is C19H20ClNO. The van der Waals surface area contributed by atoms with Crippen LogP contribution in [0.5, 0.6) is 0 Å². The Morgan fingerprint density at radius 1 is 1.05 bits per heavy atom. The highest BCUT2D eigenvalue weighted by atomic mass is 35.5. The first-order valence-electron chi connectivity index (χ1n) is 7.52. The van der Waals surface area contributed by atoms with E-state index in [0.717, 1.165) is 0 Å². The Balaban J connectivity index is 1.74. The van der Waals surface area contributed by atoms with Crippen molar-refractivity contribution in [3.63, 3.8) is 0 Å². The van der Waals surface area contributed by atoms with E-state index in [2.05, 4.69) is 50.4 Å². The second-order valence-electron chi connectivity index (χ2n) is 6.67. The lowest BCUT2D eigenvalue weighted by Crippen LogP contribution is -2.28. The minimum Gasteiger partial charge on any atom is -0.348 e. The highest BCUT2D eigenvalue weighted by molar-refractivity contribution is 6.30. The van der Waals surface area contributed by atoms with Crippen molar-refractivity contribution in [1.82, 2.24) is 5.32 Å². The third kappa shape index (κ3) is 2.76. The Bertz CT molecular complexity index is 688. The average Bonchev–Trinajstić information content (AvgIpc) is 3.01. The van der Waals surface area contributed by atoms with E-state index in [1.807, 2.05) is 0 Å². The summed E-state index contributed by atoms with van der Waals surface area (Å²) in [7, 11) is 0. The Hall–Kier alpha value is -1.80. The number of carbonyl (C=O) groups excluding carboxylic acids is 1. The van der Waals surface area contributed by atoms with Gasteiger partial charge in [0.05, 0.1) is 0 Å². The Labute approximate surface area is 136 Å². The zero-order chi connectivity index (χ0) is 15.9. The monoisotopic (exact) mass is 313 g/mol. The number of halogens is 1. The van der Waals surface area contributed by atoms with Crippen LogP contribution in [0.25, 0.3) is 0 Å². The molecular weight excluding hydrogens is 294 g/mol. The Morgan fingerprint density at radius 3 is 2.23 bits per heavy atom. The van der Waals surface area contributed by atoms with Crippen LogP contribution >= 0.6 is 11.6 Å². The number of amides is 1. The van der Waals surface area contributed by atoms with Gasteiger partial charge >= 0.3 is 0 Å². The number of hydrogen-bond donors (Lipinski definition) is 1. The van der Waals surface area contributed by atoms with Crippen molar-refractivity contribution < 1.29 is 4.79 Å². The molecule has 3 rings (SSSR count). The van der Waals surface area contributed by atoms with Gasteiger partial charge in [-0.25, -0.2) is 0 Å². The first-order chi connectivity index (χ1) is 10.4. The molecule has 2 nitrogen and oxygen atoms in total. The van der Waals surface area contributed by atoms with Gasteiger partial charge in [-0.05, 0) is 42.2 Å². The lowest BCUT2D eigenvalue weighted by molar-refractivity contribution is 0.0946. The second-order valence-corrected chi connectivity index (χ2v) is 7.10. The molecule has 1 aliphatic rings. The molecule has 1 saturated carbocycles. The zero-order valence-corrected chi connectivity index (χ0v) is 13.8. The molecule has 3 heteroatoms. The Kier molecular flexibility index (Phi) is 3.73. The molecule has 0 saturated heterocycles. The van der Waals surface area contributed by atoms with Crippen molar-refractivity contribution in [2.24, 2.45) is 5.41 Å². The number of nitrogens with one attached hydrogen (secondary N) is 1. The summed E-state index contributed by atoms with van der Waals surface area (Å²) in [6.45, 7) is 6.48. The van der Waals surface area contributed by atoms with Crippen LogP contribution in [0.4, 0.5) is 0 Å². The van der Waals surface area contributed by atoms with Gasteiger partial charge in [0.2, 0.25) is 0 Å². The predicted octanol–water partition coefficient (Wildman–Crippen LogP) is 4.57. The normalized spacial score (nSPS) is 22.2. The first kappa shape index (κ1) is 15.1. The molecule has 1 aliphatic carbocycles. The smallest absolute Gasteiger partial charge is 0.251 e. The van der Waals surface area contributed by atoms with Gasteiger partial charge in [-0.15, -0.1) is 0 Å². The van der Waals surface area contributed by atoms with Crippen LogP contribution in [0.15, 0.2) is 48.5 Å². The summed E-state index contributed by atoms with van der Waals surface area (Å²) in [6, 6.07) is 15.7. The van der Waals surface area contributed by atoms with Gasteiger partial charge in [-0.3, -0.25) is 4.79 Å². The van der Waals surface area contributed by atoms with Gasteiger partial charge in [0.15, 0.2) is 0 Å². The molecule has 2 aromatic rings. The van der Waals surface area contributed by atoms with Crippen LogP contribution in [-0.4, -0.2) is 11.9 Å². The summed E-state index contributed by atoms with van der Waals surface area (Å²) in [5.41, 5.74) is 3.27. The molecule has 1 N–H and O–H groups in total. The maximum atomic E-state index is 12.4. The number of rotatable bonds is 3. The van der Waals surface area contributed by atoms with Crippen molar-refractivity contribution in [3.05, 3.63) is 70.2 Å². The quantitative estimate of drug-likeness (QED) is 0.883. The van der Waals surface area contributed by atoms with Gasteiger partial charge in [0.1, 0.15) is 0 Å². The Morgan fingerprint density at radius 2 is 1.64 bits per heavy atom. The molecule has 0 radical (unpaired) electrons. The summed E-state index contributed by atoms with van der Waals surface area (Å²) in [4.78, 5) is 12.4. The van der Waals surface area contributed by atoms with Crippen LogP contribution in [-0.2, 0) is 0 Å². The molecule has 22 heavy (non-hydrogen) atoms. The fourth-order valence-electron chi connectivity index (χ4n) is 3.13. The van der Waals surface area contributed by atoms with Crippen molar-refractivity contribution >= 4 is 17.5 Å². The van der Waals surface area contributed by atoms with E-state index in [1.165, 1.54) is 11.1 Å². The van der Waals surface area contributed by atoms with Gasteiger partial charge in [-0.1, -0.05) is 55.3 Å². The van der Waals surface area contributed by atoms with Gasteiger partial charge in [-0.2, -0.15) is 0 Å². The number of aryl methyl sites for hydroxylation is 1. The number of hydrogen-bond acceptors (Lipinski definition) is 1.